The molecule has 2 rings (SSSR count). The molecule has 0 heterocycles. The van der Waals surface area contributed by atoms with E-state index in [1.165, 1.54) is 4.90 Å². The molecule has 0 saturated carbocycles. The Balaban J connectivity index is 1.82. The first-order valence-electron chi connectivity index (χ1n) is 8.33. The third kappa shape index (κ3) is 5.51. The maximum atomic E-state index is 12.3. The van der Waals surface area contributed by atoms with Crippen molar-refractivity contribution in [3.63, 3.8) is 0 Å². The number of methoxy groups -OCH3 is 2. The van der Waals surface area contributed by atoms with E-state index in [2.05, 4.69) is 5.32 Å². The van der Waals surface area contributed by atoms with E-state index in [0.717, 1.165) is 11.3 Å². The fraction of sp³-hybridized carbons (Fsp3) is 0.300. The number of benzene rings is 2. The number of hydrogen-bond donors (Lipinski definition) is 1. The van der Waals surface area contributed by atoms with E-state index >= 15 is 0 Å². The topological polar surface area (TPSA) is 67.9 Å². The van der Waals surface area contributed by atoms with Crippen molar-refractivity contribution in [1.82, 2.24) is 4.90 Å². The number of nitrogens with zero attached hydrogens (tertiary/aromatic N) is 1. The molecule has 6 nitrogen and oxygen atoms in total. The molecule has 138 valence electrons. The summed E-state index contributed by atoms with van der Waals surface area (Å²) in [5.41, 5.74) is 1.63. The minimum atomic E-state index is -0.247. The van der Waals surface area contributed by atoms with Gasteiger partial charge >= 0.3 is 0 Å². The van der Waals surface area contributed by atoms with E-state index < -0.39 is 0 Å². The fourth-order valence-corrected chi connectivity index (χ4v) is 2.52. The zero-order valence-electron chi connectivity index (χ0n) is 15.3. The summed E-state index contributed by atoms with van der Waals surface area (Å²) in [6, 6.07) is 14.6. The van der Waals surface area contributed by atoms with Gasteiger partial charge in [0.1, 0.15) is 11.5 Å². The van der Waals surface area contributed by atoms with E-state index in [-0.39, 0.29) is 18.4 Å². The lowest BCUT2D eigenvalue weighted by molar-refractivity contribution is -0.133. The fourth-order valence-electron chi connectivity index (χ4n) is 2.52. The SMILES string of the molecule is COc1ccc(NC(=O)CN(C)C(=O)CCc2ccccc2OC)cc1. The lowest BCUT2D eigenvalue weighted by Crippen LogP contribution is -2.35. The molecule has 26 heavy (non-hydrogen) atoms. The van der Waals surface area contributed by atoms with Crippen LogP contribution < -0.4 is 14.8 Å². The molecule has 0 unspecified atom stereocenters. The molecule has 0 fully saturated rings. The molecule has 2 aromatic carbocycles. The quantitative estimate of drug-likeness (QED) is 0.790. The normalized spacial score (nSPS) is 10.1. The van der Waals surface area contributed by atoms with Crippen LogP contribution in [0.15, 0.2) is 48.5 Å². The Morgan fingerprint density at radius 3 is 2.35 bits per heavy atom. The van der Waals surface area contributed by atoms with Crippen LogP contribution in [0.1, 0.15) is 12.0 Å². The Bertz CT molecular complexity index is 744. The number of carbonyl (C=O) groups is 2. The van der Waals surface area contributed by atoms with E-state index in [9.17, 15) is 9.59 Å². The van der Waals surface area contributed by atoms with Crippen molar-refractivity contribution >= 4 is 17.5 Å². The molecule has 0 spiro atoms. The molecule has 0 aliphatic carbocycles. The molecular formula is C20H24N2O4. The van der Waals surface area contributed by atoms with Crippen LogP contribution in [-0.4, -0.2) is 44.5 Å². The van der Waals surface area contributed by atoms with Gasteiger partial charge in [0.2, 0.25) is 11.8 Å². The maximum Gasteiger partial charge on any atom is 0.243 e. The van der Waals surface area contributed by atoms with Crippen LogP contribution in [0.2, 0.25) is 0 Å². The van der Waals surface area contributed by atoms with Crippen molar-refractivity contribution in [2.24, 2.45) is 0 Å². The Morgan fingerprint density at radius 1 is 1.00 bits per heavy atom. The zero-order chi connectivity index (χ0) is 18.9. The molecule has 0 bridgehead atoms. The van der Waals surface area contributed by atoms with E-state index in [0.29, 0.717) is 24.3 Å². The minimum Gasteiger partial charge on any atom is -0.497 e. The minimum absolute atomic E-state index is 0.00319. The van der Waals surface area contributed by atoms with Crippen molar-refractivity contribution in [2.45, 2.75) is 12.8 Å². The smallest absolute Gasteiger partial charge is 0.243 e. The predicted octanol–water partition coefficient (Wildman–Crippen LogP) is 2.73. The van der Waals surface area contributed by atoms with Crippen molar-refractivity contribution in [1.29, 1.82) is 0 Å². The molecule has 6 heteroatoms. The Labute approximate surface area is 153 Å². The second kappa shape index (κ2) is 9.46. The van der Waals surface area contributed by atoms with Gasteiger partial charge in [0.25, 0.3) is 0 Å². The van der Waals surface area contributed by atoms with Crippen LogP contribution in [-0.2, 0) is 16.0 Å². The van der Waals surface area contributed by atoms with Gasteiger partial charge in [-0.25, -0.2) is 0 Å². The van der Waals surface area contributed by atoms with E-state index in [1.54, 1.807) is 45.5 Å². The first-order valence-corrected chi connectivity index (χ1v) is 8.33. The maximum absolute atomic E-state index is 12.3. The molecule has 0 aliphatic heterocycles. The standard InChI is InChI=1S/C20H24N2O4/c1-22(14-19(23)21-16-9-11-17(25-2)12-10-16)20(24)13-8-15-6-4-5-7-18(15)26-3/h4-7,9-12H,8,13-14H2,1-3H3,(H,21,23). The molecule has 0 atom stereocenters. The van der Waals surface area contributed by atoms with Crippen molar-refractivity contribution in [3.05, 3.63) is 54.1 Å². The molecule has 0 saturated heterocycles. The van der Waals surface area contributed by atoms with Gasteiger partial charge in [0, 0.05) is 19.2 Å². The van der Waals surface area contributed by atoms with Gasteiger partial charge < -0.3 is 19.7 Å². The Kier molecular flexibility index (Phi) is 7.02. The second-order valence-electron chi connectivity index (χ2n) is 5.84. The largest absolute Gasteiger partial charge is 0.497 e. The average molecular weight is 356 g/mol. The van der Waals surface area contributed by atoms with Crippen LogP contribution in [0.25, 0.3) is 0 Å². The molecule has 2 aromatic rings. The molecular weight excluding hydrogens is 332 g/mol. The third-order valence-corrected chi connectivity index (χ3v) is 3.98. The van der Waals surface area contributed by atoms with Gasteiger partial charge in [0.05, 0.1) is 20.8 Å². The van der Waals surface area contributed by atoms with Crippen molar-refractivity contribution in [2.75, 3.05) is 33.1 Å². The number of amides is 2. The van der Waals surface area contributed by atoms with Crippen LogP contribution in [0.5, 0.6) is 11.5 Å². The monoisotopic (exact) mass is 356 g/mol. The predicted molar refractivity (Wildman–Crippen MR) is 101 cm³/mol. The molecule has 0 aromatic heterocycles. The van der Waals surface area contributed by atoms with Gasteiger partial charge in [-0.3, -0.25) is 9.59 Å². The van der Waals surface area contributed by atoms with Gasteiger partial charge in [0.15, 0.2) is 0 Å². The van der Waals surface area contributed by atoms with Gasteiger partial charge in [-0.15, -0.1) is 0 Å². The number of nitrogens with one attached hydrogen (secondary N) is 1. The summed E-state index contributed by atoms with van der Waals surface area (Å²) < 4.78 is 10.4. The molecule has 0 radical (unpaired) electrons. The lowest BCUT2D eigenvalue weighted by Gasteiger charge is -2.17. The summed E-state index contributed by atoms with van der Waals surface area (Å²) in [6.45, 7) is -0.00319. The lowest BCUT2D eigenvalue weighted by atomic mass is 10.1. The van der Waals surface area contributed by atoms with Gasteiger partial charge in [-0.1, -0.05) is 18.2 Å². The van der Waals surface area contributed by atoms with Crippen molar-refractivity contribution < 1.29 is 19.1 Å². The summed E-state index contributed by atoms with van der Waals surface area (Å²) in [5.74, 6) is 1.14. The first-order chi connectivity index (χ1) is 12.5. The van der Waals surface area contributed by atoms with Crippen molar-refractivity contribution in [3.8, 4) is 11.5 Å². The van der Waals surface area contributed by atoms with Gasteiger partial charge in [-0.2, -0.15) is 0 Å². The number of para-hydroxylation sites is 1. The van der Waals surface area contributed by atoms with Crippen LogP contribution in [0.3, 0.4) is 0 Å². The number of rotatable bonds is 8. The first kappa shape index (κ1) is 19.3. The summed E-state index contributed by atoms with van der Waals surface area (Å²) in [6.07, 6.45) is 0.875. The highest BCUT2D eigenvalue weighted by Gasteiger charge is 2.14. The zero-order valence-corrected chi connectivity index (χ0v) is 15.3. The number of likely N-dealkylation sites (N-methyl/N-ethyl adjacent to an activating group) is 1. The summed E-state index contributed by atoms with van der Waals surface area (Å²) in [4.78, 5) is 25.8. The summed E-state index contributed by atoms with van der Waals surface area (Å²) in [5, 5.41) is 2.76. The number of carbonyl (C=O) groups excluding carboxylic acids is 2. The Hall–Kier alpha value is -3.02. The second-order valence-corrected chi connectivity index (χ2v) is 5.84. The molecule has 2 amide bonds. The van der Waals surface area contributed by atoms with Crippen LogP contribution in [0, 0.1) is 0 Å². The highest BCUT2D eigenvalue weighted by molar-refractivity contribution is 5.94. The summed E-state index contributed by atoms with van der Waals surface area (Å²) in [7, 11) is 4.81. The molecule has 0 aliphatic rings. The number of anilines is 1. The van der Waals surface area contributed by atoms with Crippen LogP contribution in [0.4, 0.5) is 5.69 Å². The summed E-state index contributed by atoms with van der Waals surface area (Å²) >= 11 is 0. The van der Waals surface area contributed by atoms with Crippen LogP contribution >= 0.6 is 0 Å². The number of ether oxygens (including phenoxy) is 2. The Morgan fingerprint density at radius 2 is 1.69 bits per heavy atom. The molecule has 1 N–H and O–H groups in total. The number of aryl methyl sites for hydroxylation is 1. The van der Waals surface area contributed by atoms with E-state index in [4.69, 9.17) is 9.47 Å². The average Bonchev–Trinajstić information content (AvgIpc) is 2.66. The van der Waals surface area contributed by atoms with E-state index in [1.807, 2.05) is 24.3 Å². The third-order valence-electron chi connectivity index (χ3n) is 3.98. The highest BCUT2D eigenvalue weighted by atomic mass is 16.5. The number of hydrogen-bond acceptors (Lipinski definition) is 4. The van der Waals surface area contributed by atoms with Gasteiger partial charge in [-0.05, 0) is 42.3 Å². The highest BCUT2D eigenvalue weighted by Crippen LogP contribution is 2.19.